The van der Waals surface area contributed by atoms with Gasteiger partial charge in [0.15, 0.2) is 0 Å². The molecule has 3 aromatic rings. The van der Waals surface area contributed by atoms with E-state index in [1.165, 1.54) is 0 Å². The van der Waals surface area contributed by atoms with Crippen LogP contribution in [-0.4, -0.2) is 10.5 Å². The second-order valence-electron chi connectivity index (χ2n) is 4.97. The average molecular weight is 296 g/mol. The lowest BCUT2D eigenvalue weighted by Crippen LogP contribution is -1.92. The topological polar surface area (TPSA) is 30.2 Å². The Hall–Kier alpha value is -2.13. The van der Waals surface area contributed by atoms with Crippen LogP contribution < -0.4 is 0 Å². The fourth-order valence-corrected chi connectivity index (χ4v) is 2.99. The molecule has 3 heteroatoms. The molecule has 1 unspecified atom stereocenters. The van der Waals surface area contributed by atoms with E-state index in [0.717, 1.165) is 28.0 Å². The first-order valence-electron chi connectivity index (χ1n) is 6.76. The minimum atomic E-state index is -0.818. The van der Waals surface area contributed by atoms with Gasteiger partial charge in [-0.3, -0.25) is 4.21 Å². The maximum Gasteiger partial charge on any atom is 0.133 e. The van der Waals surface area contributed by atoms with Gasteiger partial charge >= 0.3 is 0 Å². The Balaban J connectivity index is 1.88. The predicted molar refractivity (Wildman–Crippen MR) is 87.4 cm³/mol. The van der Waals surface area contributed by atoms with Crippen LogP contribution >= 0.6 is 0 Å². The quantitative estimate of drug-likeness (QED) is 0.710. The SMILES string of the molecule is CS(=O)Cc1cccc(-c2ccc(-c3ccco3)cc2)c1. The standard InChI is InChI=1S/C18H16O2S/c1-21(19)13-14-4-2-5-17(12-14)15-7-9-16(10-8-15)18-6-3-11-20-18/h2-12H,13H2,1H3. The van der Waals surface area contributed by atoms with Gasteiger partial charge in [-0.05, 0) is 28.8 Å². The van der Waals surface area contributed by atoms with E-state index < -0.39 is 10.8 Å². The van der Waals surface area contributed by atoms with Gasteiger partial charge in [0.25, 0.3) is 0 Å². The lowest BCUT2D eigenvalue weighted by molar-refractivity contribution is 0.582. The van der Waals surface area contributed by atoms with Crippen molar-refractivity contribution in [2.45, 2.75) is 5.75 Å². The zero-order valence-electron chi connectivity index (χ0n) is 11.8. The minimum Gasteiger partial charge on any atom is -0.464 e. The molecule has 0 bridgehead atoms. The normalized spacial score (nSPS) is 12.2. The number of hydrogen-bond acceptors (Lipinski definition) is 2. The van der Waals surface area contributed by atoms with Gasteiger partial charge in [-0.25, -0.2) is 0 Å². The molecule has 0 amide bonds. The van der Waals surface area contributed by atoms with Crippen LogP contribution in [0.15, 0.2) is 71.3 Å². The highest BCUT2D eigenvalue weighted by Crippen LogP contribution is 2.25. The average Bonchev–Trinajstić information content (AvgIpc) is 3.01. The number of furan rings is 1. The van der Waals surface area contributed by atoms with Gasteiger partial charge in [0.2, 0.25) is 0 Å². The van der Waals surface area contributed by atoms with Crippen molar-refractivity contribution in [2.24, 2.45) is 0 Å². The lowest BCUT2D eigenvalue weighted by Gasteiger charge is -2.06. The fourth-order valence-electron chi connectivity index (χ4n) is 2.35. The second-order valence-corrected chi connectivity index (χ2v) is 6.41. The second kappa shape index (κ2) is 6.10. The summed E-state index contributed by atoms with van der Waals surface area (Å²) in [7, 11) is -0.818. The van der Waals surface area contributed by atoms with E-state index >= 15 is 0 Å². The Labute approximate surface area is 126 Å². The summed E-state index contributed by atoms with van der Waals surface area (Å²) < 4.78 is 16.7. The van der Waals surface area contributed by atoms with Crippen molar-refractivity contribution in [1.82, 2.24) is 0 Å². The molecule has 1 heterocycles. The molecule has 1 aromatic heterocycles. The molecule has 1 atom stereocenters. The molecule has 0 saturated carbocycles. The molecule has 106 valence electrons. The highest BCUT2D eigenvalue weighted by Gasteiger charge is 2.03. The highest BCUT2D eigenvalue weighted by atomic mass is 32.2. The van der Waals surface area contributed by atoms with E-state index in [1.54, 1.807) is 12.5 Å². The number of hydrogen-bond donors (Lipinski definition) is 0. The Morgan fingerprint density at radius 2 is 1.67 bits per heavy atom. The number of rotatable bonds is 4. The Morgan fingerprint density at radius 1 is 0.905 bits per heavy atom. The van der Waals surface area contributed by atoms with Gasteiger partial charge < -0.3 is 4.42 Å². The first-order chi connectivity index (χ1) is 10.2. The van der Waals surface area contributed by atoms with Crippen LogP contribution in [0.25, 0.3) is 22.5 Å². The van der Waals surface area contributed by atoms with E-state index in [1.807, 2.05) is 24.3 Å². The summed E-state index contributed by atoms with van der Waals surface area (Å²) >= 11 is 0. The van der Waals surface area contributed by atoms with Gasteiger partial charge in [-0.2, -0.15) is 0 Å². The maximum absolute atomic E-state index is 11.3. The van der Waals surface area contributed by atoms with Crippen molar-refractivity contribution in [3.63, 3.8) is 0 Å². The van der Waals surface area contributed by atoms with Crippen LogP contribution in [0.2, 0.25) is 0 Å². The summed E-state index contributed by atoms with van der Waals surface area (Å²) in [6.45, 7) is 0. The van der Waals surface area contributed by atoms with Crippen LogP contribution in [0.4, 0.5) is 0 Å². The summed E-state index contributed by atoms with van der Waals surface area (Å²) in [5.41, 5.74) is 4.45. The van der Waals surface area contributed by atoms with Crippen LogP contribution in [-0.2, 0) is 16.6 Å². The van der Waals surface area contributed by atoms with E-state index in [2.05, 4.69) is 36.4 Å². The lowest BCUT2D eigenvalue weighted by atomic mass is 10.0. The molecule has 0 aliphatic carbocycles. The van der Waals surface area contributed by atoms with Crippen LogP contribution in [0.5, 0.6) is 0 Å². The largest absolute Gasteiger partial charge is 0.464 e. The third kappa shape index (κ3) is 3.31. The predicted octanol–water partition coefficient (Wildman–Crippen LogP) is 4.49. The Kier molecular flexibility index (Phi) is 4.02. The van der Waals surface area contributed by atoms with Gasteiger partial charge in [-0.1, -0.05) is 48.5 Å². The van der Waals surface area contributed by atoms with E-state index in [4.69, 9.17) is 4.42 Å². The zero-order valence-corrected chi connectivity index (χ0v) is 12.6. The summed E-state index contributed by atoms with van der Waals surface area (Å²) in [4.78, 5) is 0. The third-order valence-corrected chi connectivity index (χ3v) is 4.06. The molecule has 2 nitrogen and oxygen atoms in total. The zero-order chi connectivity index (χ0) is 14.7. The fraction of sp³-hybridized carbons (Fsp3) is 0.111. The Bertz CT molecular complexity index is 743. The minimum absolute atomic E-state index is 0.596. The van der Waals surface area contributed by atoms with Gasteiger partial charge in [0, 0.05) is 28.4 Å². The van der Waals surface area contributed by atoms with Crippen molar-refractivity contribution >= 4 is 10.8 Å². The van der Waals surface area contributed by atoms with Crippen molar-refractivity contribution < 1.29 is 8.63 Å². The van der Waals surface area contributed by atoms with Crippen LogP contribution in [0.1, 0.15) is 5.56 Å². The Morgan fingerprint density at radius 3 is 2.33 bits per heavy atom. The van der Waals surface area contributed by atoms with Crippen molar-refractivity contribution in [3.8, 4) is 22.5 Å². The third-order valence-electron chi connectivity index (χ3n) is 3.32. The molecule has 0 N–H and O–H groups in total. The highest BCUT2D eigenvalue weighted by molar-refractivity contribution is 7.83. The molecule has 0 aliphatic heterocycles. The molecule has 0 aliphatic rings. The van der Waals surface area contributed by atoms with Crippen molar-refractivity contribution in [2.75, 3.05) is 6.26 Å². The molecule has 2 aromatic carbocycles. The van der Waals surface area contributed by atoms with Gasteiger partial charge in [-0.15, -0.1) is 0 Å². The maximum atomic E-state index is 11.3. The molecule has 0 radical (unpaired) electrons. The van der Waals surface area contributed by atoms with Gasteiger partial charge in [0.05, 0.1) is 6.26 Å². The summed E-state index contributed by atoms with van der Waals surface area (Å²) in [5, 5.41) is 0. The number of benzene rings is 2. The summed E-state index contributed by atoms with van der Waals surface area (Å²) in [5.74, 6) is 1.47. The van der Waals surface area contributed by atoms with Crippen LogP contribution in [0.3, 0.4) is 0 Å². The molecular formula is C18H16O2S. The van der Waals surface area contributed by atoms with E-state index in [-0.39, 0.29) is 0 Å². The smallest absolute Gasteiger partial charge is 0.133 e. The van der Waals surface area contributed by atoms with E-state index in [9.17, 15) is 4.21 Å². The molecule has 3 rings (SSSR count). The molecule has 21 heavy (non-hydrogen) atoms. The molecule has 0 saturated heterocycles. The molecular weight excluding hydrogens is 280 g/mol. The van der Waals surface area contributed by atoms with Gasteiger partial charge in [0.1, 0.15) is 5.76 Å². The van der Waals surface area contributed by atoms with E-state index in [0.29, 0.717) is 5.75 Å². The summed E-state index contributed by atoms with van der Waals surface area (Å²) in [6.07, 6.45) is 3.41. The molecule has 0 spiro atoms. The van der Waals surface area contributed by atoms with Crippen LogP contribution in [0, 0.1) is 0 Å². The van der Waals surface area contributed by atoms with Crippen molar-refractivity contribution in [3.05, 3.63) is 72.5 Å². The van der Waals surface area contributed by atoms with Crippen molar-refractivity contribution in [1.29, 1.82) is 0 Å². The first-order valence-corrected chi connectivity index (χ1v) is 8.48. The summed E-state index contributed by atoms with van der Waals surface area (Å²) in [6, 6.07) is 20.3. The molecule has 0 fully saturated rings. The monoisotopic (exact) mass is 296 g/mol. The first kappa shape index (κ1) is 13.8.